The van der Waals surface area contributed by atoms with Crippen LogP contribution in [0.3, 0.4) is 0 Å². The van der Waals surface area contributed by atoms with Crippen molar-refractivity contribution in [3.05, 3.63) is 29.8 Å². The van der Waals surface area contributed by atoms with Crippen molar-refractivity contribution in [2.24, 2.45) is 0 Å². The molecule has 0 aliphatic carbocycles. The third kappa shape index (κ3) is 8.66. The van der Waals surface area contributed by atoms with Crippen LogP contribution in [-0.2, 0) is 11.2 Å². The second-order valence-corrected chi connectivity index (χ2v) is 5.10. The van der Waals surface area contributed by atoms with Gasteiger partial charge in [0.05, 0.1) is 0 Å². The average molecular weight is 319 g/mol. The maximum Gasteiger partial charge on any atom is 0.300 e. The van der Waals surface area contributed by atoms with Crippen molar-refractivity contribution in [3.8, 4) is 5.75 Å². The molecule has 120 valence electrons. The molecule has 1 aliphatic rings. The van der Waals surface area contributed by atoms with Gasteiger partial charge in [0.25, 0.3) is 5.97 Å². The summed E-state index contributed by atoms with van der Waals surface area (Å²) in [6, 6.07) is 9.05. The van der Waals surface area contributed by atoms with Crippen LogP contribution in [0.1, 0.15) is 32.3 Å². The molecule has 5 heteroatoms. The molecule has 0 bridgehead atoms. The predicted molar refractivity (Wildman–Crippen MR) is 80.3 cm³/mol. The second-order valence-electron chi connectivity index (χ2n) is 5.10. The van der Waals surface area contributed by atoms with E-state index in [2.05, 4.69) is 43.1 Å². The van der Waals surface area contributed by atoms with Gasteiger partial charge in [-0.2, -0.15) is 0 Å². The van der Waals surface area contributed by atoms with Gasteiger partial charge in [-0.1, -0.05) is 19.1 Å². The van der Waals surface area contributed by atoms with Gasteiger partial charge in [0.2, 0.25) is 0 Å². The van der Waals surface area contributed by atoms with Crippen molar-refractivity contribution in [2.45, 2.75) is 39.2 Å². The fraction of sp³-hybridized carbons (Fsp3) is 0.562. The quantitative estimate of drug-likeness (QED) is 0.927. The third-order valence-corrected chi connectivity index (χ3v) is 3.45. The molecule has 1 atom stereocenters. The second kappa shape index (κ2) is 11.3. The van der Waals surface area contributed by atoms with E-state index in [4.69, 9.17) is 14.6 Å². The Morgan fingerprint density at radius 3 is 2.38 bits per heavy atom. The molecule has 1 aliphatic heterocycles. The van der Waals surface area contributed by atoms with Crippen LogP contribution in [0.5, 0.6) is 5.75 Å². The number of hydrogen-bond donors (Lipinski definition) is 1. The summed E-state index contributed by atoms with van der Waals surface area (Å²) in [4.78, 5) is 11.4. The number of rotatable bonds is 4. The van der Waals surface area contributed by atoms with Crippen molar-refractivity contribution in [1.82, 2.24) is 4.90 Å². The number of aliphatic carboxylic acids is 1. The van der Waals surface area contributed by atoms with Gasteiger partial charge in [0.1, 0.15) is 12.4 Å². The van der Waals surface area contributed by atoms with Crippen LogP contribution in [0, 0.1) is 37.7 Å². The summed E-state index contributed by atoms with van der Waals surface area (Å²) in [5.41, 5.74) is 1.37. The van der Waals surface area contributed by atoms with Crippen molar-refractivity contribution in [2.75, 3.05) is 20.2 Å². The summed E-state index contributed by atoms with van der Waals surface area (Å²) in [6.45, 7) is 5.29. The number of likely N-dealkylation sites (tertiary alicyclic amines) is 1. The fourth-order valence-corrected chi connectivity index (χ4v) is 2.20. The van der Waals surface area contributed by atoms with Gasteiger partial charge in [-0.05, 0) is 50.6 Å². The molecular weight excluding hydrogens is 294 g/mol. The van der Waals surface area contributed by atoms with Crippen molar-refractivity contribution < 1.29 is 52.4 Å². The number of likely N-dealkylation sites (N-methyl/N-ethyl adjacent to an activating group) is 1. The minimum atomic E-state index is -0.833. The number of carboxylic acids is 1. The molecule has 1 fully saturated rings. The third-order valence-electron chi connectivity index (χ3n) is 3.45. The summed E-state index contributed by atoms with van der Waals surface area (Å²) in [5, 5.41) is 7.42. The zero-order chi connectivity index (χ0) is 15.0. The first kappa shape index (κ1) is 20.7. The van der Waals surface area contributed by atoms with Gasteiger partial charge in [-0.25, -0.2) is 0 Å². The zero-order valence-electron chi connectivity index (χ0n) is 13.0. The van der Waals surface area contributed by atoms with E-state index in [1.807, 2.05) is 0 Å². The smallest absolute Gasteiger partial charge is 0.300 e. The number of nitrogens with zero attached hydrogens (tertiary/aromatic N) is 1. The monoisotopic (exact) mass is 319 g/mol. The first-order chi connectivity index (χ1) is 9.52. The number of hydrogen-bond acceptors (Lipinski definition) is 3. The first-order valence-corrected chi connectivity index (χ1v) is 7.14. The van der Waals surface area contributed by atoms with E-state index >= 15 is 0 Å². The summed E-state index contributed by atoms with van der Waals surface area (Å²) in [6.07, 6.45) is 3.66. The normalized spacial score (nSPS) is 17.4. The van der Waals surface area contributed by atoms with E-state index in [0.29, 0.717) is 6.04 Å². The Morgan fingerprint density at radius 1 is 1.38 bits per heavy atom. The zero-order valence-corrected chi connectivity index (χ0v) is 13.7. The number of carbonyl (C=O) groups is 1. The largest absolute Gasteiger partial charge is 0.492 e. The molecule has 0 aromatic heterocycles. The Bertz CT molecular complexity index is 404. The standard InChI is InChI=1S/C14H21NO.C2H4O2.Ar/c1-3-12-6-8-14(9-7-12)16-11-13-5-4-10-15(13)2;1-2(3)4;/h6-9,13H,3-5,10-11H2,1-2H3;1H3,(H,3,4);/t13-;;/m0../s1. The van der Waals surface area contributed by atoms with Crippen molar-refractivity contribution in [1.29, 1.82) is 0 Å². The van der Waals surface area contributed by atoms with Crippen LogP contribution in [0.2, 0.25) is 0 Å². The van der Waals surface area contributed by atoms with Gasteiger partial charge in [0, 0.05) is 50.7 Å². The van der Waals surface area contributed by atoms with Gasteiger partial charge in [-0.3, -0.25) is 4.79 Å². The number of aryl methyl sites for hydroxylation is 1. The molecule has 1 heterocycles. The van der Waals surface area contributed by atoms with Gasteiger partial charge >= 0.3 is 0 Å². The fourth-order valence-electron chi connectivity index (χ4n) is 2.20. The minimum Gasteiger partial charge on any atom is -0.492 e. The first-order valence-electron chi connectivity index (χ1n) is 7.14. The van der Waals surface area contributed by atoms with E-state index in [1.165, 1.54) is 24.9 Å². The van der Waals surface area contributed by atoms with Crippen molar-refractivity contribution in [3.63, 3.8) is 0 Å². The number of benzene rings is 1. The summed E-state index contributed by atoms with van der Waals surface area (Å²) in [5.74, 6) is 0.164. The van der Waals surface area contributed by atoms with Crippen LogP contribution in [-0.4, -0.2) is 42.2 Å². The molecule has 0 radical (unpaired) electrons. The molecular formula is C16H25ArNO3. The summed E-state index contributed by atoms with van der Waals surface area (Å²) >= 11 is 0. The minimum absolute atomic E-state index is 0. The Labute approximate surface area is 157 Å². The van der Waals surface area contributed by atoms with Gasteiger partial charge in [-0.15, -0.1) is 0 Å². The number of carboxylic acid groups (broad SMARTS) is 1. The van der Waals surface area contributed by atoms with E-state index in [-0.39, 0.29) is 37.7 Å². The Morgan fingerprint density at radius 2 is 1.95 bits per heavy atom. The van der Waals surface area contributed by atoms with Crippen LogP contribution in [0.15, 0.2) is 24.3 Å². The molecule has 1 saturated heterocycles. The molecule has 1 aromatic carbocycles. The molecule has 0 amide bonds. The SMILES string of the molecule is CC(=O)O.CCc1ccc(OC[C@@H]2CCCN2C)cc1.[Ar]. The van der Waals surface area contributed by atoms with E-state index in [9.17, 15) is 0 Å². The molecule has 1 N–H and O–H groups in total. The average Bonchev–Trinajstić information content (AvgIpc) is 2.82. The van der Waals surface area contributed by atoms with Crippen LogP contribution in [0.4, 0.5) is 0 Å². The topological polar surface area (TPSA) is 49.8 Å². The Balaban J connectivity index is 0.000000715. The van der Waals surface area contributed by atoms with Crippen LogP contribution in [0.25, 0.3) is 0 Å². The van der Waals surface area contributed by atoms with Crippen LogP contribution < -0.4 is 4.74 Å². The maximum absolute atomic E-state index is 9.00. The molecule has 2 rings (SSSR count). The molecule has 21 heavy (non-hydrogen) atoms. The van der Waals surface area contributed by atoms with E-state index < -0.39 is 5.97 Å². The van der Waals surface area contributed by atoms with Gasteiger partial charge < -0.3 is 14.7 Å². The molecule has 0 saturated carbocycles. The number of ether oxygens (including phenoxy) is 1. The van der Waals surface area contributed by atoms with Gasteiger partial charge in [0.15, 0.2) is 0 Å². The maximum atomic E-state index is 9.00. The Hall–Kier alpha value is -0.290. The van der Waals surface area contributed by atoms with Crippen molar-refractivity contribution >= 4 is 5.97 Å². The predicted octanol–water partition coefficient (Wildman–Crippen LogP) is 2.81. The Kier molecular flexibility index (Phi) is 11.1. The van der Waals surface area contributed by atoms with E-state index in [0.717, 1.165) is 25.7 Å². The molecule has 1 aromatic rings. The van der Waals surface area contributed by atoms with E-state index in [1.54, 1.807) is 0 Å². The molecule has 0 spiro atoms. The summed E-state index contributed by atoms with van der Waals surface area (Å²) in [7, 11) is 2.18. The summed E-state index contributed by atoms with van der Waals surface area (Å²) < 4.78 is 5.82. The molecule has 0 unspecified atom stereocenters. The molecule has 4 nitrogen and oxygen atoms in total. The van der Waals surface area contributed by atoms with Crippen LogP contribution >= 0.6 is 0 Å².